The summed E-state index contributed by atoms with van der Waals surface area (Å²) < 4.78 is 15.2. The molecule has 104 heavy (non-hydrogen) atoms. The molecule has 47 rings (SSSR count). The van der Waals surface area contributed by atoms with E-state index < -0.39 is 32.7 Å². The van der Waals surface area contributed by atoms with E-state index in [9.17, 15) is 0 Å². The summed E-state index contributed by atoms with van der Waals surface area (Å²) in [4.78, 5) is 50.8. The van der Waals surface area contributed by atoms with Gasteiger partial charge in [0.1, 0.15) is 13.2 Å². The van der Waals surface area contributed by atoms with Crippen LogP contribution in [0, 0.1) is 0 Å². The first-order valence-electron chi connectivity index (χ1n) is 37.5. The van der Waals surface area contributed by atoms with Gasteiger partial charge in [0, 0.05) is 22.3 Å². The van der Waals surface area contributed by atoms with Crippen LogP contribution >= 0.6 is 0 Å². The average Bonchev–Trinajstić information content (AvgIpc) is 1.35. The van der Waals surface area contributed by atoms with Gasteiger partial charge in [-0.25, -0.2) is 9.59 Å². The van der Waals surface area contributed by atoms with Crippen molar-refractivity contribution in [1.82, 2.24) is 0 Å². The number of nitrogens with zero attached hydrogens (tertiary/aromatic N) is 2. The molecule has 29 aromatic rings. The lowest BCUT2D eigenvalue weighted by Gasteiger charge is -2.32. The van der Waals surface area contributed by atoms with Crippen molar-refractivity contribution in [2.75, 3.05) is 0 Å². The van der Waals surface area contributed by atoms with Gasteiger partial charge in [-0.15, -0.1) is 0 Å². The highest BCUT2D eigenvalue weighted by molar-refractivity contribution is 6.78. The Kier molecular flexibility index (Phi) is 4.84. The number of rotatable bonds is 6. The molecule has 10 aliphatic carbocycles. The van der Waals surface area contributed by atoms with Crippen molar-refractivity contribution in [1.29, 1.82) is 0 Å². The first kappa shape index (κ1) is 44.4. The highest BCUT2D eigenvalue weighted by Crippen LogP contribution is 2.98. The van der Waals surface area contributed by atoms with Crippen LogP contribution in [0.15, 0.2) is 156 Å². The van der Waals surface area contributed by atoms with Gasteiger partial charge in [0.15, 0.2) is 11.1 Å². The van der Waals surface area contributed by atoms with E-state index in [1.54, 1.807) is 0 Å². The minimum absolute atomic E-state index is 0.0411. The Bertz CT molecular complexity index is 9100. The summed E-state index contributed by atoms with van der Waals surface area (Å²) in [7, 11) is 0. The lowest BCUT2D eigenvalue weighted by Crippen LogP contribution is -2.36. The Morgan fingerprint density at radius 2 is 0.365 bits per heavy atom. The van der Waals surface area contributed by atoms with Gasteiger partial charge < -0.3 is 9.47 Å². The van der Waals surface area contributed by atoms with E-state index >= 15 is 9.59 Å². The van der Waals surface area contributed by atoms with Crippen LogP contribution in [0.2, 0.25) is 0 Å². The van der Waals surface area contributed by atoms with Gasteiger partial charge in [0.25, 0.3) is 0 Å². The van der Waals surface area contributed by atoms with E-state index in [2.05, 4.69) is 146 Å². The van der Waals surface area contributed by atoms with Crippen molar-refractivity contribution in [3.05, 3.63) is 223 Å². The molecule has 24 bridgehead atoms. The van der Waals surface area contributed by atoms with E-state index in [0.29, 0.717) is 0 Å². The zero-order valence-corrected chi connectivity index (χ0v) is 53.8. The van der Waals surface area contributed by atoms with Crippen LogP contribution < -0.4 is 0 Å². The molecular weight excluding hydrogens is 1270 g/mol. The number of carbonyl (C=O) groups is 2. The third-order valence-electron chi connectivity index (χ3n) is 33.3. The van der Waals surface area contributed by atoms with Crippen LogP contribution in [-0.4, -0.2) is 34.4 Å². The first-order valence-corrected chi connectivity index (χ1v) is 37.5. The normalized spacial score (nSPS) is 25.7. The zero-order valence-electron chi connectivity index (χ0n) is 53.8. The van der Waals surface area contributed by atoms with Crippen LogP contribution in [0.25, 0.3) is 259 Å². The second-order valence-corrected chi connectivity index (χ2v) is 34.8. The number of carbonyl (C=O) groups excluding carboxylic acids is 2. The molecule has 8 aliphatic heterocycles. The maximum absolute atomic E-state index is 18.5. The highest BCUT2D eigenvalue weighted by atomic mass is 16.5. The van der Waals surface area contributed by atoms with Crippen LogP contribution in [0.4, 0.5) is 0 Å². The second-order valence-electron chi connectivity index (χ2n) is 34.8. The Labute approximate surface area is 576 Å². The summed E-state index contributed by atoms with van der Waals surface area (Å²) in [6.45, 7) is 0.0822. The maximum Gasteiger partial charge on any atom is 0.337 e. The molecule has 6 nitrogen and oxygen atoms in total. The maximum atomic E-state index is 18.5. The smallest absolute Gasteiger partial charge is 0.337 e. The van der Waals surface area contributed by atoms with Crippen LogP contribution in [0.1, 0.15) is 77.9 Å². The first-order chi connectivity index (χ1) is 51.6. The summed E-state index contributed by atoms with van der Waals surface area (Å²) in [5.41, 5.74) is 10.7. The Hall–Kier alpha value is -12.9. The summed E-state index contributed by atoms with van der Waals surface area (Å²) in [6, 6.07) is 51.9. The summed E-state index contributed by atoms with van der Waals surface area (Å²) >= 11 is 0. The molecule has 0 saturated heterocycles. The number of hydrogen-bond acceptors (Lipinski definition) is 6. The number of esters is 2. The van der Waals surface area contributed by atoms with Gasteiger partial charge in [-0.1, -0.05) is 146 Å². The number of benzene rings is 21. The minimum Gasteiger partial charge on any atom is -0.459 e. The van der Waals surface area contributed by atoms with Crippen molar-refractivity contribution in [2.45, 2.75) is 46.0 Å². The molecule has 0 aromatic heterocycles. The zero-order chi connectivity index (χ0) is 64.3. The predicted molar refractivity (Wildman–Crippen MR) is 416 cm³/mol. The quantitative estimate of drug-likeness (QED) is 0.0944. The van der Waals surface area contributed by atoms with Gasteiger partial charge in [-0.05, 0) is 314 Å². The molecule has 4 unspecified atom stereocenters. The minimum atomic E-state index is -1.57. The summed E-state index contributed by atoms with van der Waals surface area (Å²) in [5, 5.41) is 67.4. The van der Waals surface area contributed by atoms with Crippen LogP contribution in [0.5, 0.6) is 0 Å². The second kappa shape index (κ2) is 11.3. The Morgan fingerprint density at radius 3 is 0.529 bits per heavy atom. The van der Waals surface area contributed by atoms with Crippen molar-refractivity contribution in [2.24, 2.45) is 9.98 Å². The average molecular weight is 1300 g/mol. The fourth-order valence-electron chi connectivity index (χ4n) is 32.1. The fourth-order valence-corrected chi connectivity index (χ4v) is 32.1. The van der Waals surface area contributed by atoms with E-state index in [1.165, 1.54) is 303 Å². The van der Waals surface area contributed by atoms with Crippen molar-refractivity contribution in [3.63, 3.8) is 0 Å². The topological polar surface area (TPSA) is 77.3 Å². The highest BCUT2D eigenvalue weighted by Gasteiger charge is 3.01. The van der Waals surface area contributed by atoms with Crippen LogP contribution in [-0.2, 0) is 53.9 Å². The molecule has 0 N–H and O–H groups in total. The van der Waals surface area contributed by atoms with Gasteiger partial charge in [-0.3, -0.25) is 9.98 Å². The lowest BCUT2D eigenvalue weighted by atomic mass is 9.67. The third-order valence-corrected chi connectivity index (χ3v) is 33.3. The monoisotopic (exact) mass is 1300 g/mol. The molecule has 2 saturated carbocycles. The molecule has 18 aliphatic rings. The molecule has 6 heteroatoms. The van der Waals surface area contributed by atoms with Gasteiger partial charge >= 0.3 is 11.9 Å². The molecule has 2 fully saturated rings. The lowest BCUT2D eigenvalue weighted by molar-refractivity contribution is -0.149. The molecule has 8 heterocycles. The molecule has 454 valence electrons. The van der Waals surface area contributed by atoms with Crippen molar-refractivity contribution < 1.29 is 19.1 Å². The van der Waals surface area contributed by atoms with Gasteiger partial charge in [0.05, 0.1) is 33.1 Å². The molecule has 29 aromatic carbocycles. The standard InChI is InChI=1S/C98H28N2O4/c101-91-97(99-89(29-13-5-1-6-14-29)30-15-7-2-8-16-30)93-81-65-49-37-35-33-34-36-38-40-45-55-43(36)53(41(33)49)69(81)71(55)83-73-57(45)48-52(40)68-66-50(38)42(34)54-44(35)56-46-39(37)51-47-58(46)74-78-62-59(47)75(85(93)67(51)65)79-63(62)64-61(77(73)87(79)95(83,93)97)60(48)76-80(64)88(78)96-84(74)72(56)70(54)82(66)94(96,86(68)76)98(96,92(102)104-26-28-23-21-27(22-24-28)25-103-91)100-90(31-17-9-3-10-18-31)32-19-11-4-12-20-32/h1-24H,25-26H2/t93?,94?,95?,96?,97-,98+. The molecular formula is C98H28N2O4. The largest absolute Gasteiger partial charge is 0.459 e. The summed E-state index contributed by atoms with van der Waals surface area (Å²) in [5.74, 6) is -0.506. The predicted octanol–water partition coefficient (Wildman–Crippen LogP) is 21.2. The van der Waals surface area contributed by atoms with E-state index in [4.69, 9.17) is 19.5 Å². The Morgan fingerprint density at radius 1 is 0.212 bits per heavy atom. The fraction of sp³-hybridized carbons (Fsp3) is 0.0816. The van der Waals surface area contributed by atoms with E-state index in [0.717, 1.165) is 44.8 Å². The van der Waals surface area contributed by atoms with E-state index in [1.807, 2.05) is 0 Å². The molecule has 0 amide bonds. The van der Waals surface area contributed by atoms with Gasteiger partial charge in [0.2, 0.25) is 0 Å². The number of ether oxygens (including phenoxy) is 2. The number of aliphatic imine (C=N–C) groups is 2. The SMILES string of the molecule is O=C1OCc2ccc(cc2)COC(=O)[C@]2(N=C(c3ccccc3)c3ccccc3)C34c5c6c7c8c9c%10c(c%11c%12c3c3c5c5c%13c%14c%15c%16c%17c%18c%19c%20c%21c%22c%23c(c%14c5c5c3c3c%12c%12c%11c%11c%10c%10c%14c9c(c7c%16c6%13)c%17c%14c%19c6c%20c7c%22c(c3c%235)c%12c7c%11c6%10)C%213C%15%18[C@]13N=C(c1ccccc1)c1ccccc1)C842. The molecule has 0 radical (unpaired) electrons. The molecule has 4 spiro atoms. The Balaban J connectivity index is 0.899. The van der Waals surface area contributed by atoms with Gasteiger partial charge in [-0.2, -0.15) is 0 Å². The third kappa shape index (κ3) is 2.82. The van der Waals surface area contributed by atoms with E-state index in [-0.39, 0.29) is 25.2 Å². The van der Waals surface area contributed by atoms with Crippen LogP contribution in [0.3, 0.4) is 0 Å². The molecule has 6 atom stereocenters. The van der Waals surface area contributed by atoms with Crippen molar-refractivity contribution >= 4 is 282 Å². The summed E-state index contributed by atoms with van der Waals surface area (Å²) in [6.07, 6.45) is 0. The number of hydrogen-bond donors (Lipinski definition) is 0. The van der Waals surface area contributed by atoms with Crippen molar-refractivity contribution in [3.8, 4) is 0 Å².